The maximum Gasteiger partial charge on any atom is 0.161 e. The number of benzene rings is 2. The predicted octanol–water partition coefficient (Wildman–Crippen LogP) is 4.56. The van der Waals surface area contributed by atoms with Gasteiger partial charge in [0.2, 0.25) is 0 Å². The van der Waals surface area contributed by atoms with Gasteiger partial charge in [0.15, 0.2) is 5.17 Å². The largest absolute Gasteiger partial charge is 0.335 e. The molecule has 0 aliphatic carbocycles. The summed E-state index contributed by atoms with van der Waals surface area (Å²) < 4.78 is 0. The minimum absolute atomic E-state index is 0.434. The number of hydrogen-bond donors (Lipinski definition) is 1. The Morgan fingerprint density at radius 2 is 1.90 bits per heavy atom. The number of aryl methyl sites for hydroxylation is 2. The summed E-state index contributed by atoms with van der Waals surface area (Å²) in [4.78, 5) is 4.63. The molecule has 1 N–H and O–H groups in total. The molecule has 2 nitrogen and oxygen atoms in total. The fraction of sp³-hybridized carbons (Fsp3) is 0.235. The third-order valence-corrected chi connectivity index (χ3v) is 4.62. The zero-order valence-corrected chi connectivity index (χ0v) is 12.6. The molecule has 0 aromatic heterocycles. The van der Waals surface area contributed by atoms with E-state index in [1.807, 2.05) is 11.8 Å². The third kappa shape index (κ3) is 2.88. The maximum absolute atomic E-state index is 4.63. The molecule has 1 unspecified atom stereocenters. The second-order valence-electron chi connectivity index (χ2n) is 5.11. The molecular formula is C17H18N2S. The minimum Gasteiger partial charge on any atom is -0.335 e. The molecular weight excluding hydrogens is 264 g/mol. The van der Waals surface area contributed by atoms with E-state index in [1.54, 1.807) is 0 Å². The Balaban J connectivity index is 1.70. The number of aliphatic imine (C=N–C) groups is 1. The lowest BCUT2D eigenvalue weighted by atomic mass is 10.1. The lowest BCUT2D eigenvalue weighted by Gasteiger charge is -2.11. The Hall–Kier alpha value is -1.74. The summed E-state index contributed by atoms with van der Waals surface area (Å²) in [6.07, 6.45) is 0. The average Bonchev–Trinajstić information content (AvgIpc) is 2.92. The van der Waals surface area contributed by atoms with E-state index >= 15 is 0 Å². The quantitative estimate of drug-likeness (QED) is 0.873. The van der Waals surface area contributed by atoms with Crippen molar-refractivity contribution in [2.24, 2.45) is 4.99 Å². The van der Waals surface area contributed by atoms with E-state index in [0.717, 1.165) is 17.4 Å². The lowest BCUT2D eigenvalue weighted by molar-refractivity contribution is 0.966. The highest BCUT2D eigenvalue weighted by atomic mass is 32.2. The van der Waals surface area contributed by atoms with Gasteiger partial charge in [0, 0.05) is 5.69 Å². The SMILES string of the molecule is Cc1ccc(C)c(NC2=NCC(c3ccccc3)S2)c1. The summed E-state index contributed by atoms with van der Waals surface area (Å²) in [5.41, 5.74) is 5.02. The Bertz CT molecular complexity index is 635. The predicted molar refractivity (Wildman–Crippen MR) is 88.6 cm³/mol. The number of rotatable bonds is 2. The third-order valence-electron chi connectivity index (χ3n) is 3.46. The molecule has 0 bridgehead atoms. The highest BCUT2D eigenvalue weighted by Gasteiger charge is 2.21. The first kappa shape index (κ1) is 13.3. The molecule has 3 rings (SSSR count). The molecule has 3 heteroatoms. The first-order valence-corrected chi connectivity index (χ1v) is 7.70. The molecule has 2 aromatic rings. The number of thioether (sulfide) groups is 1. The van der Waals surface area contributed by atoms with Crippen molar-refractivity contribution in [1.82, 2.24) is 0 Å². The molecule has 2 aromatic carbocycles. The molecule has 20 heavy (non-hydrogen) atoms. The Labute approximate surface area is 124 Å². The van der Waals surface area contributed by atoms with Gasteiger partial charge in [-0.25, -0.2) is 0 Å². The van der Waals surface area contributed by atoms with Crippen molar-refractivity contribution in [3.63, 3.8) is 0 Å². The molecule has 1 heterocycles. The molecule has 1 aliphatic rings. The van der Waals surface area contributed by atoms with Crippen LogP contribution in [0, 0.1) is 13.8 Å². The number of anilines is 1. The van der Waals surface area contributed by atoms with Gasteiger partial charge in [-0.1, -0.05) is 54.2 Å². The Kier molecular flexibility index (Phi) is 3.79. The van der Waals surface area contributed by atoms with Gasteiger partial charge >= 0.3 is 0 Å². The second-order valence-corrected chi connectivity index (χ2v) is 6.30. The van der Waals surface area contributed by atoms with Crippen LogP contribution in [0.2, 0.25) is 0 Å². The zero-order chi connectivity index (χ0) is 13.9. The molecule has 0 spiro atoms. The first-order valence-electron chi connectivity index (χ1n) is 6.83. The van der Waals surface area contributed by atoms with E-state index < -0.39 is 0 Å². The fourth-order valence-corrected chi connectivity index (χ4v) is 3.30. The van der Waals surface area contributed by atoms with E-state index in [1.165, 1.54) is 16.7 Å². The van der Waals surface area contributed by atoms with E-state index in [4.69, 9.17) is 0 Å². The fourth-order valence-electron chi connectivity index (χ4n) is 2.27. The van der Waals surface area contributed by atoms with Crippen LogP contribution in [0.4, 0.5) is 5.69 Å². The maximum atomic E-state index is 4.63. The van der Waals surface area contributed by atoms with E-state index in [2.05, 4.69) is 72.7 Å². The van der Waals surface area contributed by atoms with Crippen LogP contribution in [0.15, 0.2) is 53.5 Å². The van der Waals surface area contributed by atoms with Crippen molar-refractivity contribution in [1.29, 1.82) is 0 Å². The van der Waals surface area contributed by atoms with Crippen molar-refractivity contribution in [2.45, 2.75) is 19.1 Å². The molecule has 102 valence electrons. The summed E-state index contributed by atoms with van der Waals surface area (Å²) in [6.45, 7) is 5.08. The molecule has 1 atom stereocenters. The van der Waals surface area contributed by atoms with Crippen LogP contribution in [0.3, 0.4) is 0 Å². The normalized spacial score (nSPS) is 17.9. The molecule has 0 fully saturated rings. The number of amidine groups is 1. The smallest absolute Gasteiger partial charge is 0.161 e. The van der Waals surface area contributed by atoms with Gasteiger partial charge in [-0.05, 0) is 36.6 Å². The zero-order valence-electron chi connectivity index (χ0n) is 11.8. The summed E-state index contributed by atoms with van der Waals surface area (Å²) >= 11 is 1.81. The van der Waals surface area contributed by atoms with Crippen molar-refractivity contribution in [3.05, 3.63) is 65.2 Å². The van der Waals surface area contributed by atoms with Gasteiger partial charge in [0.05, 0.1) is 11.8 Å². The van der Waals surface area contributed by atoms with Crippen LogP contribution in [0.5, 0.6) is 0 Å². The summed E-state index contributed by atoms with van der Waals surface area (Å²) in [5.74, 6) is 0. The van der Waals surface area contributed by atoms with Crippen LogP contribution in [0.1, 0.15) is 21.9 Å². The van der Waals surface area contributed by atoms with Gasteiger partial charge in [0.1, 0.15) is 0 Å². The highest BCUT2D eigenvalue weighted by molar-refractivity contribution is 8.14. The monoisotopic (exact) mass is 282 g/mol. The van der Waals surface area contributed by atoms with Crippen molar-refractivity contribution >= 4 is 22.6 Å². The van der Waals surface area contributed by atoms with E-state index in [-0.39, 0.29) is 0 Å². The average molecular weight is 282 g/mol. The first-order chi connectivity index (χ1) is 9.72. The van der Waals surface area contributed by atoms with Gasteiger partial charge < -0.3 is 5.32 Å². The molecule has 0 saturated carbocycles. The van der Waals surface area contributed by atoms with Crippen molar-refractivity contribution < 1.29 is 0 Å². The van der Waals surface area contributed by atoms with E-state index in [9.17, 15) is 0 Å². The second kappa shape index (κ2) is 5.71. The van der Waals surface area contributed by atoms with Crippen molar-refractivity contribution in [3.8, 4) is 0 Å². The number of hydrogen-bond acceptors (Lipinski definition) is 3. The van der Waals surface area contributed by atoms with Gasteiger partial charge in [0.25, 0.3) is 0 Å². The Morgan fingerprint density at radius 1 is 1.10 bits per heavy atom. The Morgan fingerprint density at radius 3 is 2.70 bits per heavy atom. The topological polar surface area (TPSA) is 24.4 Å². The molecule has 0 saturated heterocycles. The number of nitrogens with zero attached hydrogens (tertiary/aromatic N) is 1. The van der Waals surface area contributed by atoms with E-state index in [0.29, 0.717) is 5.25 Å². The van der Waals surface area contributed by atoms with Gasteiger partial charge in [-0.15, -0.1) is 0 Å². The summed E-state index contributed by atoms with van der Waals surface area (Å²) in [6, 6.07) is 17.0. The summed E-state index contributed by atoms with van der Waals surface area (Å²) in [5, 5.41) is 4.92. The van der Waals surface area contributed by atoms with Gasteiger partial charge in [-0.3, -0.25) is 4.99 Å². The van der Waals surface area contributed by atoms with Crippen LogP contribution in [0.25, 0.3) is 0 Å². The summed E-state index contributed by atoms with van der Waals surface area (Å²) in [7, 11) is 0. The van der Waals surface area contributed by atoms with Gasteiger partial charge in [-0.2, -0.15) is 0 Å². The van der Waals surface area contributed by atoms with Crippen LogP contribution in [-0.4, -0.2) is 11.7 Å². The molecule has 0 amide bonds. The standard InChI is InChI=1S/C17H18N2S/c1-12-8-9-13(2)15(10-12)19-17-18-11-16(20-17)14-6-4-3-5-7-14/h3-10,16H,11H2,1-2H3,(H,18,19). The minimum atomic E-state index is 0.434. The molecule has 1 aliphatic heterocycles. The van der Waals surface area contributed by atoms with Crippen LogP contribution < -0.4 is 5.32 Å². The molecule has 0 radical (unpaired) electrons. The van der Waals surface area contributed by atoms with Crippen molar-refractivity contribution in [2.75, 3.05) is 11.9 Å². The highest BCUT2D eigenvalue weighted by Crippen LogP contribution is 2.35. The van der Waals surface area contributed by atoms with Crippen LogP contribution >= 0.6 is 11.8 Å². The number of nitrogens with one attached hydrogen (secondary N) is 1. The lowest BCUT2D eigenvalue weighted by Crippen LogP contribution is -2.06. The van der Waals surface area contributed by atoms with Crippen LogP contribution in [-0.2, 0) is 0 Å².